The van der Waals surface area contributed by atoms with Gasteiger partial charge in [0.1, 0.15) is 0 Å². The summed E-state index contributed by atoms with van der Waals surface area (Å²) in [5.74, 6) is -1.25. The van der Waals surface area contributed by atoms with Crippen molar-refractivity contribution >= 4 is 5.97 Å². The molecule has 0 heterocycles. The Morgan fingerprint density at radius 3 is 1.95 bits per heavy atom. The molecule has 2 N–H and O–H groups in total. The maximum atomic E-state index is 13.4. The van der Waals surface area contributed by atoms with Crippen molar-refractivity contribution in [2.24, 2.45) is 0 Å². The van der Waals surface area contributed by atoms with E-state index in [-0.39, 0.29) is 5.56 Å². The zero-order valence-corrected chi connectivity index (χ0v) is 11.3. The first-order chi connectivity index (χ1) is 10.2. The van der Waals surface area contributed by atoms with Gasteiger partial charge in [0.15, 0.2) is 5.60 Å². The summed E-state index contributed by atoms with van der Waals surface area (Å²) in [6, 6.07) is 11.9. The Labute approximate surface area is 124 Å². The van der Waals surface area contributed by atoms with Gasteiger partial charge >= 0.3 is 12.1 Å². The number of carbonyl (C=O) groups is 1. The summed E-state index contributed by atoms with van der Waals surface area (Å²) in [5.41, 5.74) is -3.29. The van der Waals surface area contributed by atoms with Gasteiger partial charge in [-0.15, -0.1) is 0 Å². The first kappa shape index (κ1) is 16.0. The van der Waals surface area contributed by atoms with Gasteiger partial charge < -0.3 is 10.2 Å². The maximum Gasteiger partial charge on any atom is 0.421 e. The summed E-state index contributed by atoms with van der Waals surface area (Å²) in [4.78, 5) is 10.8. The summed E-state index contributed by atoms with van der Waals surface area (Å²) in [5, 5.41) is 19.0. The number of alkyl halides is 3. The van der Waals surface area contributed by atoms with Crippen LogP contribution in [-0.2, 0) is 12.0 Å². The van der Waals surface area contributed by atoms with Crippen molar-refractivity contribution < 1.29 is 28.2 Å². The molecule has 0 radical (unpaired) electrons. The molecule has 0 saturated carbocycles. The lowest BCUT2D eigenvalue weighted by molar-refractivity contribution is -0.266. The number of aliphatic hydroxyl groups is 1. The number of aromatic carboxylic acids is 1. The molecule has 0 amide bonds. The van der Waals surface area contributed by atoms with Crippen LogP contribution < -0.4 is 0 Å². The SMILES string of the molecule is O=C(O)c1ccc(C(O)(Cc2ccccc2)C(F)(F)F)cc1. The highest BCUT2D eigenvalue weighted by molar-refractivity contribution is 5.87. The lowest BCUT2D eigenvalue weighted by Gasteiger charge is -2.31. The average molecular weight is 310 g/mol. The molecule has 0 spiro atoms. The van der Waals surface area contributed by atoms with Crippen LogP contribution in [0.3, 0.4) is 0 Å². The lowest BCUT2D eigenvalue weighted by Crippen LogP contribution is -2.44. The van der Waals surface area contributed by atoms with Gasteiger partial charge in [0, 0.05) is 6.42 Å². The van der Waals surface area contributed by atoms with Crippen LogP contribution in [0.2, 0.25) is 0 Å². The first-order valence-corrected chi connectivity index (χ1v) is 6.41. The van der Waals surface area contributed by atoms with E-state index in [9.17, 15) is 23.1 Å². The average Bonchev–Trinajstić information content (AvgIpc) is 2.47. The Kier molecular flexibility index (Phi) is 4.23. The molecule has 22 heavy (non-hydrogen) atoms. The minimum Gasteiger partial charge on any atom is -0.478 e. The summed E-state index contributed by atoms with van der Waals surface area (Å²) < 4.78 is 40.1. The van der Waals surface area contributed by atoms with E-state index in [0.29, 0.717) is 5.56 Å². The Morgan fingerprint density at radius 2 is 1.50 bits per heavy atom. The molecular formula is C16H13F3O3. The zero-order chi connectivity index (χ0) is 16.4. The molecule has 0 bridgehead atoms. The Bertz CT molecular complexity index is 651. The van der Waals surface area contributed by atoms with E-state index < -0.39 is 29.7 Å². The quantitative estimate of drug-likeness (QED) is 0.910. The van der Waals surface area contributed by atoms with Gasteiger partial charge in [-0.1, -0.05) is 42.5 Å². The van der Waals surface area contributed by atoms with Crippen LogP contribution in [0.25, 0.3) is 0 Å². The van der Waals surface area contributed by atoms with Gasteiger partial charge in [-0.05, 0) is 23.3 Å². The third kappa shape index (κ3) is 3.12. The van der Waals surface area contributed by atoms with Crippen molar-refractivity contribution in [1.82, 2.24) is 0 Å². The van der Waals surface area contributed by atoms with E-state index in [4.69, 9.17) is 5.11 Å². The molecule has 2 aromatic rings. The van der Waals surface area contributed by atoms with Gasteiger partial charge in [-0.3, -0.25) is 0 Å². The van der Waals surface area contributed by atoms with E-state index in [0.717, 1.165) is 24.3 Å². The summed E-state index contributed by atoms with van der Waals surface area (Å²) in [7, 11) is 0. The number of hydrogen-bond donors (Lipinski definition) is 2. The summed E-state index contributed by atoms with van der Waals surface area (Å²) in [6.45, 7) is 0. The van der Waals surface area contributed by atoms with Crippen LogP contribution in [0.5, 0.6) is 0 Å². The minimum atomic E-state index is -4.90. The molecule has 3 nitrogen and oxygen atoms in total. The van der Waals surface area contributed by atoms with Gasteiger partial charge in [0.2, 0.25) is 0 Å². The normalized spacial score (nSPS) is 14.4. The molecule has 0 aliphatic rings. The number of benzene rings is 2. The van der Waals surface area contributed by atoms with E-state index >= 15 is 0 Å². The van der Waals surface area contributed by atoms with Crippen molar-refractivity contribution in [2.45, 2.75) is 18.2 Å². The van der Waals surface area contributed by atoms with Crippen LogP contribution in [0.15, 0.2) is 54.6 Å². The number of halogens is 3. The molecule has 2 aromatic carbocycles. The zero-order valence-electron chi connectivity index (χ0n) is 11.3. The van der Waals surface area contributed by atoms with E-state index in [1.165, 1.54) is 12.1 Å². The highest BCUT2D eigenvalue weighted by Crippen LogP contribution is 2.41. The van der Waals surface area contributed by atoms with Crippen molar-refractivity contribution in [1.29, 1.82) is 0 Å². The lowest BCUT2D eigenvalue weighted by atomic mass is 9.86. The number of rotatable bonds is 4. The number of carboxylic acid groups (broad SMARTS) is 1. The predicted octanol–water partition coefficient (Wildman–Crippen LogP) is 3.38. The molecule has 6 heteroatoms. The fourth-order valence-electron chi connectivity index (χ4n) is 2.15. The molecule has 2 rings (SSSR count). The first-order valence-electron chi connectivity index (χ1n) is 6.41. The summed E-state index contributed by atoms with van der Waals surface area (Å²) in [6.07, 6.45) is -5.54. The monoisotopic (exact) mass is 310 g/mol. The second-order valence-electron chi connectivity index (χ2n) is 4.90. The van der Waals surface area contributed by atoms with Crippen molar-refractivity contribution in [2.75, 3.05) is 0 Å². The molecule has 1 atom stereocenters. The van der Waals surface area contributed by atoms with E-state index in [2.05, 4.69) is 0 Å². The Hall–Kier alpha value is -2.34. The maximum absolute atomic E-state index is 13.4. The van der Waals surface area contributed by atoms with Gasteiger partial charge in [0.25, 0.3) is 0 Å². The predicted molar refractivity (Wildman–Crippen MR) is 73.5 cm³/mol. The van der Waals surface area contributed by atoms with Crippen molar-refractivity contribution in [3.8, 4) is 0 Å². The number of carboxylic acids is 1. The third-order valence-corrected chi connectivity index (χ3v) is 3.38. The second kappa shape index (κ2) is 5.81. The third-order valence-electron chi connectivity index (χ3n) is 3.38. The van der Waals surface area contributed by atoms with E-state index in [1.54, 1.807) is 18.2 Å². The smallest absolute Gasteiger partial charge is 0.421 e. The largest absolute Gasteiger partial charge is 0.478 e. The molecular weight excluding hydrogens is 297 g/mol. The van der Waals surface area contributed by atoms with Crippen molar-refractivity contribution in [3.05, 3.63) is 71.3 Å². The minimum absolute atomic E-state index is 0.145. The standard InChI is InChI=1S/C16H13F3O3/c17-16(18,19)15(22,10-11-4-2-1-3-5-11)13-8-6-12(7-9-13)14(20)21/h1-9,22H,10H2,(H,20,21). The molecule has 0 aliphatic carbocycles. The molecule has 0 fully saturated rings. The molecule has 1 unspecified atom stereocenters. The fraction of sp³-hybridized carbons (Fsp3) is 0.188. The van der Waals surface area contributed by atoms with Crippen LogP contribution >= 0.6 is 0 Å². The second-order valence-corrected chi connectivity index (χ2v) is 4.90. The molecule has 0 aromatic heterocycles. The van der Waals surface area contributed by atoms with Crippen LogP contribution in [0, 0.1) is 0 Å². The van der Waals surface area contributed by atoms with Gasteiger partial charge in [0.05, 0.1) is 5.56 Å². The van der Waals surface area contributed by atoms with E-state index in [1.807, 2.05) is 0 Å². The Morgan fingerprint density at radius 1 is 0.955 bits per heavy atom. The highest BCUT2D eigenvalue weighted by atomic mass is 19.4. The summed E-state index contributed by atoms with van der Waals surface area (Å²) >= 11 is 0. The topological polar surface area (TPSA) is 57.5 Å². The molecule has 116 valence electrons. The fourth-order valence-corrected chi connectivity index (χ4v) is 2.15. The van der Waals surface area contributed by atoms with Crippen LogP contribution in [0.4, 0.5) is 13.2 Å². The van der Waals surface area contributed by atoms with Crippen LogP contribution in [-0.4, -0.2) is 22.4 Å². The number of hydrogen-bond acceptors (Lipinski definition) is 2. The molecule has 0 saturated heterocycles. The van der Waals surface area contributed by atoms with Gasteiger partial charge in [-0.25, -0.2) is 4.79 Å². The highest BCUT2D eigenvalue weighted by Gasteiger charge is 2.54. The molecule has 0 aliphatic heterocycles. The van der Waals surface area contributed by atoms with Crippen LogP contribution in [0.1, 0.15) is 21.5 Å². The van der Waals surface area contributed by atoms with Gasteiger partial charge in [-0.2, -0.15) is 13.2 Å². The Balaban J connectivity index is 2.43. The van der Waals surface area contributed by atoms with Crippen molar-refractivity contribution in [3.63, 3.8) is 0 Å².